The fraction of sp³-hybridized carbons (Fsp3) is 0.382. The lowest BCUT2D eigenvalue weighted by Crippen LogP contribution is -2.06. The van der Waals surface area contributed by atoms with E-state index in [0.717, 1.165) is 5.69 Å². The Morgan fingerprint density at radius 3 is 1.86 bits per heavy atom. The summed E-state index contributed by atoms with van der Waals surface area (Å²) < 4.78 is 0. The highest BCUT2D eigenvalue weighted by atomic mass is 14.7. The van der Waals surface area contributed by atoms with Crippen LogP contribution in [0.15, 0.2) is 85.1 Å². The monoisotopic (exact) mass is 465 g/mol. The van der Waals surface area contributed by atoms with Crippen LogP contribution in [0.4, 0.5) is 0 Å². The van der Waals surface area contributed by atoms with Crippen molar-refractivity contribution in [3.63, 3.8) is 0 Å². The Hall–Kier alpha value is -2.93. The lowest BCUT2D eigenvalue weighted by molar-refractivity contribution is 0.670. The van der Waals surface area contributed by atoms with E-state index in [1.807, 2.05) is 24.4 Å². The molecule has 184 valence electrons. The zero-order valence-corrected chi connectivity index (χ0v) is 22.6. The van der Waals surface area contributed by atoms with Crippen molar-refractivity contribution in [1.29, 1.82) is 0 Å². The highest BCUT2D eigenvalue weighted by molar-refractivity contribution is 5.86. The number of rotatable bonds is 3. The Morgan fingerprint density at radius 1 is 0.571 bits per heavy atom. The third kappa shape index (κ3) is 7.52. The Kier molecular flexibility index (Phi) is 10.1. The molecule has 1 aliphatic rings. The molecule has 3 aromatic carbocycles. The molecule has 0 bridgehead atoms. The van der Waals surface area contributed by atoms with E-state index < -0.39 is 0 Å². The van der Waals surface area contributed by atoms with Gasteiger partial charge in [-0.2, -0.15) is 0 Å². The van der Waals surface area contributed by atoms with Crippen molar-refractivity contribution in [3.8, 4) is 0 Å². The first-order valence-electron chi connectivity index (χ1n) is 13.4. The normalized spacial score (nSPS) is 12.6. The SMILES string of the molecule is CC(C)c1cccc2c1CCCC2.CC(C)c1cccc2ccccc12.CC(C)c1ccccn1. The van der Waals surface area contributed by atoms with Gasteiger partial charge >= 0.3 is 0 Å². The maximum absolute atomic E-state index is 4.18. The summed E-state index contributed by atoms with van der Waals surface area (Å²) in [6, 6.07) is 27.9. The minimum atomic E-state index is 0.547. The predicted octanol–water partition coefficient (Wildman–Crippen LogP) is 9.86. The Labute approximate surface area is 213 Å². The van der Waals surface area contributed by atoms with Gasteiger partial charge in [0.05, 0.1) is 0 Å². The molecule has 1 aliphatic carbocycles. The number of pyridine rings is 1. The first kappa shape index (κ1) is 26.7. The average molecular weight is 466 g/mol. The number of aromatic nitrogens is 1. The van der Waals surface area contributed by atoms with Crippen LogP contribution in [0.3, 0.4) is 0 Å². The van der Waals surface area contributed by atoms with Crippen LogP contribution in [-0.2, 0) is 12.8 Å². The van der Waals surface area contributed by atoms with Crippen LogP contribution in [0.1, 0.15) is 100 Å². The van der Waals surface area contributed by atoms with Crippen LogP contribution >= 0.6 is 0 Å². The molecule has 0 saturated heterocycles. The summed E-state index contributed by atoms with van der Waals surface area (Å²) in [5.74, 6) is 1.84. The minimum Gasteiger partial charge on any atom is -0.261 e. The molecule has 0 saturated carbocycles. The van der Waals surface area contributed by atoms with Gasteiger partial charge in [0, 0.05) is 11.9 Å². The third-order valence-electron chi connectivity index (χ3n) is 6.78. The highest BCUT2D eigenvalue weighted by Crippen LogP contribution is 2.28. The maximum atomic E-state index is 4.18. The van der Waals surface area contributed by atoms with Crippen molar-refractivity contribution in [3.05, 3.63) is 113 Å². The maximum Gasteiger partial charge on any atom is 0.0428 e. The van der Waals surface area contributed by atoms with Gasteiger partial charge in [0.25, 0.3) is 0 Å². The first-order chi connectivity index (χ1) is 16.9. The topological polar surface area (TPSA) is 12.9 Å². The fourth-order valence-corrected chi connectivity index (χ4v) is 4.82. The standard InChI is InChI=1S/C13H18.C13H14.C8H11N/c2*1-10(2)12-9-5-7-11-6-3-4-8-13(11)12;1-7(2)8-5-3-4-6-9-8/h5,7,9-10H,3-4,6,8H2,1-2H3;3-10H,1-2H3;3-7H,1-2H3. The molecule has 0 spiro atoms. The number of benzene rings is 3. The molecule has 0 aliphatic heterocycles. The molecule has 35 heavy (non-hydrogen) atoms. The second kappa shape index (κ2) is 13.2. The minimum absolute atomic E-state index is 0.547. The zero-order valence-electron chi connectivity index (χ0n) is 22.6. The van der Waals surface area contributed by atoms with Crippen molar-refractivity contribution >= 4 is 10.8 Å². The second-order valence-corrected chi connectivity index (χ2v) is 10.5. The number of hydrogen-bond acceptors (Lipinski definition) is 1. The Morgan fingerprint density at radius 2 is 1.20 bits per heavy atom. The van der Waals surface area contributed by atoms with E-state index in [1.165, 1.54) is 42.0 Å². The summed E-state index contributed by atoms with van der Waals surface area (Å²) in [6.07, 6.45) is 7.21. The summed E-state index contributed by atoms with van der Waals surface area (Å²) in [5.41, 5.74) is 7.45. The molecular formula is C34H43N. The number of nitrogens with zero attached hydrogens (tertiary/aromatic N) is 1. The van der Waals surface area contributed by atoms with Gasteiger partial charge in [-0.15, -0.1) is 0 Å². The van der Waals surface area contributed by atoms with Gasteiger partial charge in [0.2, 0.25) is 0 Å². The van der Waals surface area contributed by atoms with Gasteiger partial charge in [0.1, 0.15) is 0 Å². The fourth-order valence-electron chi connectivity index (χ4n) is 4.82. The van der Waals surface area contributed by atoms with Crippen LogP contribution in [0.25, 0.3) is 10.8 Å². The van der Waals surface area contributed by atoms with Crippen molar-refractivity contribution in [2.24, 2.45) is 0 Å². The Balaban J connectivity index is 0.000000150. The second-order valence-electron chi connectivity index (χ2n) is 10.5. The van der Waals surface area contributed by atoms with E-state index in [2.05, 4.69) is 107 Å². The molecule has 1 heteroatoms. The number of hydrogen-bond donors (Lipinski definition) is 0. The summed E-state index contributed by atoms with van der Waals surface area (Å²) in [5, 5.41) is 2.73. The quantitative estimate of drug-likeness (QED) is 0.293. The molecule has 1 nitrogen and oxygen atoms in total. The van der Waals surface area contributed by atoms with E-state index >= 15 is 0 Å². The highest BCUT2D eigenvalue weighted by Gasteiger charge is 2.13. The van der Waals surface area contributed by atoms with Crippen molar-refractivity contribution in [1.82, 2.24) is 4.98 Å². The van der Waals surface area contributed by atoms with Crippen LogP contribution in [-0.4, -0.2) is 4.98 Å². The first-order valence-corrected chi connectivity index (χ1v) is 13.4. The van der Waals surface area contributed by atoms with Crippen molar-refractivity contribution in [2.75, 3.05) is 0 Å². The molecule has 5 rings (SSSR count). The Bertz CT molecular complexity index is 1170. The van der Waals surface area contributed by atoms with Gasteiger partial charge < -0.3 is 0 Å². The molecule has 0 radical (unpaired) electrons. The lowest BCUT2D eigenvalue weighted by Gasteiger charge is -2.21. The molecule has 0 atom stereocenters. The molecule has 1 aromatic heterocycles. The van der Waals surface area contributed by atoms with Gasteiger partial charge in [-0.25, -0.2) is 0 Å². The van der Waals surface area contributed by atoms with Gasteiger partial charge in [-0.05, 0) is 88.6 Å². The molecule has 0 amide bonds. The lowest BCUT2D eigenvalue weighted by atomic mass is 9.85. The smallest absolute Gasteiger partial charge is 0.0428 e. The van der Waals surface area contributed by atoms with E-state index in [4.69, 9.17) is 0 Å². The van der Waals surface area contributed by atoms with Crippen LogP contribution in [0, 0.1) is 0 Å². The van der Waals surface area contributed by atoms with Crippen molar-refractivity contribution in [2.45, 2.75) is 85.0 Å². The summed E-state index contributed by atoms with van der Waals surface area (Å²) in [6.45, 7) is 13.3. The van der Waals surface area contributed by atoms with Gasteiger partial charge in [0.15, 0.2) is 0 Å². The van der Waals surface area contributed by atoms with E-state index in [1.54, 1.807) is 16.7 Å². The summed E-state index contributed by atoms with van der Waals surface area (Å²) in [4.78, 5) is 4.18. The number of aryl methyl sites for hydroxylation is 1. The predicted molar refractivity (Wildman–Crippen MR) is 154 cm³/mol. The zero-order chi connectivity index (χ0) is 25.2. The molecule has 0 N–H and O–H groups in total. The van der Waals surface area contributed by atoms with Gasteiger partial charge in [-0.1, -0.05) is 108 Å². The van der Waals surface area contributed by atoms with E-state index in [0.29, 0.717) is 17.8 Å². The largest absolute Gasteiger partial charge is 0.261 e. The van der Waals surface area contributed by atoms with Gasteiger partial charge in [-0.3, -0.25) is 4.98 Å². The third-order valence-corrected chi connectivity index (χ3v) is 6.78. The number of fused-ring (bicyclic) bond motifs is 2. The van der Waals surface area contributed by atoms with Crippen LogP contribution in [0.5, 0.6) is 0 Å². The molecule has 0 fully saturated rings. The van der Waals surface area contributed by atoms with Crippen molar-refractivity contribution < 1.29 is 0 Å². The molecule has 1 heterocycles. The molecule has 4 aromatic rings. The summed E-state index contributed by atoms with van der Waals surface area (Å²) >= 11 is 0. The van der Waals surface area contributed by atoms with Crippen LogP contribution in [0.2, 0.25) is 0 Å². The summed E-state index contributed by atoms with van der Waals surface area (Å²) in [7, 11) is 0. The molecular weight excluding hydrogens is 422 g/mol. The van der Waals surface area contributed by atoms with E-state index in [9.17, 15) is 0 Å². The van der Waals surface area contributed by atoms with E-state index in [-0.39, 0.29) is 0 Å². The average Bonchev–Trinajstić information content (AvgIpc) is 2.89. The molecule has 0 unspecified atom stereocenters. The van der Waals surface area contributed by atoms with Crippen LogP contribution < -0.4 is 0 Å².